The van der Waals surface area contributed by atoms with Gasteiger partial charge in [-0.1, -0.05) is 179 Å². The molecule has 0 heterocycles. The number of aliphatic hydroxyl groups is 1. The summed E-state index contributed by atoms with van der Waals surface area (Å²) in [5.41, 5.74) is 0. The number of aliphatic hydroxyl groups excluding tert-OH is 1. The zero-order valence-corrected chi connectivity index (χ0v) is 39.2. The number of phosphoric acid groups is 1. The lowest BCUT2D eigenvalue weighted by Crippen LogP contribution is -2.46. The Hall–Kier alpha value is -1.02. The first-order chi connectivity index (χ1) is 27.5. The number of allylic oxidation sites excluding steroid dienone is 4. The van der Waals surface area contributed by atoms with Gasteiger partial charge in [0.1, 0.15) is 13.2 Å². The molecule has 0 spiro atoms. The largest absolute Gasteiger partial charge is 0.756 e. The maximum atomic E-state index is 12.9. The van der Waals surface area contributed by atoms with Crippen molar-refractivity contribution in [2.24, 2.45) is 0 Å². The highest BCUT2D eigenvalue weighted by Gasteiger charge is 2.24. The number of carbonyl (C=O) groups is 1. The highest BCUT2D eigenvalue weighted by molar-refractivity contribution is 7.45. The molecule has 0 saturated heterocycles. The van der Waals surface area contributed by atoms with Crippen LogP contribution in [0.25, 0.3) is 0 Å². The summed E-state index contributed by atoms with van der Waals surface area (Å²) in [7, 11) is 1.29. The molecule has 0 fully saturated rings. The monoisotopic (exact) mass is 827 g/mol. The second kappa shape index (κ2) is 40.4. The Labute approximate surface area is 354 Å². The third kappa shape index (κ3) is 42.9. The van der Waals surface area contributed by atoms with E-state index in [2.05, 4.69) is 43.5 Å². The lowest BCUT2D eigenvalue weighted by atomic mass is 10.0. The molecule has 2 N–H and O–H groups in total. The van der Waals surface area contributed by atoms with Gasteiger partial charge in [-0.25, -0.2) is 0 Å². The molecule has 9 heteroatoms. The number of nitrogens with zero attached hydrogens (tertiary/aromatic N) is 1. The van der Waals surface area contributed by atoms with Crippen molar-refractivity contribution in [2.75, 3.05) is 40.9 Å². The topological polar surface area (TPSA) is 108 Å². The van der Waals surface area contributed by atoms with Gasteiger partial charge in [-0.05, 0) is 64.2 Å². The third-order valence-corrected chi connectivity index (χ3v) is 11.9. The van der Waals surface area contributed by atoms with Crippen LogP contribution in [0, 0.1) is 0 Å². The van der Waals surface area contributed by atoms with Crippen molar-refractivity contribution in [2.45, 2.75) is 238 Å². The number of quaternary nitrogens is 1. The Morgan fingerprint density at radius 2 is 0.965 bits per heavy atom. The number of likely N-dealkylation sites (N-methyl/N-ethyl adjacent to an activating group) is 1. The molecule has 0 rings (SSSR count). The van der Waals surface area contributed by atoms with Crippen LogP contribution in [-0.4, -0.2) is 68.5 Å². The fourth-order valence-electron chi connectivity index (χ4n) is 7.03. The number of nitrogens with one attached hydrogen (secondary N) is 1. The Bertz CT molecular complexity index is 984. The van der Waals surface area contributed by atoms with Gasteiger partial charge in [0.05, 0.1) is 39.9 Å². The molecule has 0 radical (unpaired) electrons. The minimum atomic E-state index is -4.57. The van der Waals surface area contributed by atoms with Crippen molar-refractivity contribution in [3.63, 3.8) is 0 Å². The number of hydrogen-bond acceptors (Lipinski definition) is 6. The van der Waals surface area contributed by atoms with Crippen LogP contribution in [0.1, 0.15) is 226 Å². The summed E-state index contributed by atoms with van der Waals surface area (Å²) in [4.78, 5) is 25.4. The van der Waals surface area contributed by atoms with Crippen LogP contribution in [0.2, 0.25) is 0 Å². The number of phosphoric ester groups is 1. The number of rotatable bonds is 44. The summed E-state index contributed by atoms with van der Waals surface area (Å²) in [5.74, 6) is -0.175. The summed E-state index contributed by atoms with van der Waals surface area (Å²) in [5, 5.41) is 13.9. The fourth-order valence-corrected chi connectivity index (χ4v) is 7.75. The average molecular weight is 827 g/mol. The molecule has 0 aromatic rings. The summed E-state index contributed by atoms with van der Waals surface area (Å²) < 4.78 is 23.3. The Balaban J connectivity index is 4.28. The van der Waals surface area contributed by atoms with Gasteiger partial charge in [-0.3, -0.25) is 9.36 Å². The van der Waals surface area contributed by atoms with Crippen molar-refractivity contribution >= 4 is 13.7 Å². The highest BCUT2D eigenvalue weighted by Crippen LogP contribution is 2.38. The lowest BCUT2D eigenvalue weighted by molar-refractivity contribution is -0.870. The quantitative estimate of drug-likeness (QED) is 0.0274. The average Bonchev–Trinajstić information content (AvgIpc) is 3.16. The summed E-state index contributed by atoms with van der Waals surface area (Å²) >= 11 is 0. The number of hydrogen-bond donors (Lipinski definition) is 2. The molecule has 8 nitrogen and oxygen atoms in total. The van der Waals surface area contributed by atoms with Crippen molar-refractivity contribution < 1.29 is 32.9 Å². The first-order valence-corrected chi connectivity index (χ1v) is 25.6. The van der Waals surface area contributed by atoms with Crippen LogP contribution in [0.15, 0.2) is 24.3 Å². The van der Waals surface area contributed by atoms with Gasteiger partial charge in [0.25, 0.3) is 7.82 Å². The molecule has 0 bridgehead atoms. The standard InChI is InChI=1S/C48H95N2O6P/c1-6-8-10-12-14-16-18-20-22-23-24-25-26-27-28-30-32-34-36-38-40-42-48(52)49-46(45-56-57(53,54)55-44-43-50(3,4)5)47(51)41-39-37-35-33-31-29-21-19-17-15-13-11-9-7-2/h20,22,31,33,46-47,51H,6-19,21,23-30,32,34-45H2,1-5H3,(H-,49,52,53,54)/b22-20+,33-31+/t46-,47+/m0/s1. The van der Waals surface area contributed by atoms with E-state index < -0.39 is 20.0 Å². The minimum absolute atomic E-state index is 0.00784. The van der Waals surface area contributed by atoms with Crippen molar-refractivity contribution in [1.29, 1.82) is 0 Å². The zero-order chi connectivity index (χ0) is 42.1. The summed E-state index contributed by atoms with van der Waals surface area (Å²) in [6.45, 7) is 4.70. The molecule has 0 aromatic carbocycles. The van der Waals surface area contributed by atoms with Gasteiger partial charge in [-0.15, -0.1) is 0 Å². The molecule has 1 amide bonds. The Kier molecular flexibility index (Phi) is 39.7. The minimum Gasteiger partial charge on any atom is -0.756 e. The molecule has 0 aliphatic carbocycles. The SMILES string of the molecule is CCCCCCCC/C=C/CCCCCCCCCCCCCC(=O)N[C@@H](COP(=O)([O-])OCC[N+](C)(C)C)[C@H](O)CCCC/C=C/CCCCCCCCCC. The van der Waals surface area contributed by atoms with E-state index in [9.17, 15) is 19.4 Å². The summed E-state index contributed by atoms with van der Waals surface area (Å²) in [6.07, 6.45) is 47.6. The molecule has 0 aliphatic heterocycles. The molecule has 0 aliphatic rings. The predicted molar refractivity (Wildman–Crippen MR) is 242 cm³/mol. The second-order valence-electron chi connectivity index (χ2n) is 17.8. The first-order valence-electron chi connectivity index (χ1n) is 24.2. The van der Waals surface area contributed by atoms with Crippen molar-refractivity contribution in [1.82, 2.24) is 5.32 Å². The Morgan fingerprint density at radius 3 is 1.37 bits per heavy atom. The molecule has 57 heavy (non-hydrogen) atoms. The molecule has 0 saturated carbocycles. The van der Waals surface area contributed by atoms with E-state index in [1.54, 1.807) is 0 Å². The maximum absolute atomic E-state index is 12.9. The van der Waals surface area contributed by atoms with E-state index in [0.717, 1.165) is 44.9 Å². The highest BCUT2D eigenvalue weighted by atomic mass is 31.2. The smallest absolute Gasteiger partial charge is 0.268 e. The second-order valence-corrected chi connectivity index (χ2v) is 19.2. The Morgan fingerprint density at radius 1 is 0.596 bits per heavy atom. The van der Waals surface area contributed by atoms with Crippen LogP contribution in [0.3, 0.4) is 0 Å². The molecular formula is C48H95N2O6P. The molecule has 338 valence electrons. The van der Waals surface area contributed by atoms with E-state index in [4.69, 9.17) is 9.05 Å². The van der Waals surface area contributed by atoms with Crippen molar-refractivity contribution in [3.05, 3.63) is 24.3 Å². The molecule has 1 unspecified atom stereocenters. The van der Waals surface area contributed by atoms with Gasteiger partial charge in [0.2, 0.25) is 5.91 Å². The van der Waals surface area contributed by atoms with Gasteiger partial charge >= 0.3 is 0 Å². The number of unbranched alkanes of at least 4 members (excludes halogenated alkanes) is 27. The van der Waals surface area contributed by atoms with Crippen LogP contribution in [-0.2, 0) is 18.4 Å². The van der Waals surface area contributed by atoms with E-state index in [1.807, 2.05) is 21.1 Å². The van der Waals surface area contributed by atoms with Crippen molar-refractivity contribution in [3.8, 4) is 0 Å². The normalized spacial score (nSPS) is 14.4. The van der Waals surface area contributed by atoms with Gasteiger partial charge in [0.15, 0.2) is 0 Å². The van der Waals surface area contributed by atoms with Crippen LogP contribution in [0.4, 0.5) is 0 Å². The molecule has 0 aromatic heterocycles. The van der Waals surface area contributed by atoms with Gasteiger partial charge in [-0.2, -0.15) is 0 Å². The van der Waals surface area contributed by atoms with E-state index in [1.165, 1.54) is 154 Å². The number of amides is 1. The molecular weight excluding hydrogens is 732 g/mol. The summed E-state index contributed by atoms with van der Waals surface area (Å²) in [6, 6.07) is -0.814. The maximum Gasteiger partial charge on any atom is 0.268 e. The third-order valence-electron chi connectivity index (χ3n) is 10.9. The van der Waals surface area contributed by atoms with E-state index in [0.29, 0.717) is 23.9 Å². The lowest BCUT2D eigenvalue weighted by Gasteiger charge is -2.30. The van der Waals surface area contributed by atoms with E-state index in [-0.39, 0.29) is 19.1 Å². The van der Waals surface area contributed by atoms with Crippen LogP contribution in [0.5, 0.6) is 0 Å². The van der Waals surface area contributed by atoms with Gasteiger partial charge < -0.3 is 28.8 Å². The van der Waals surface area contributed by atoms with Gasteiger partial charge in [0, 0.05) is 6.42 Å². The predicted octanol–water partition coefficient (Wildman–Crippen LogP) is 13.1. The zero-order valence-electron chi connectivity index (χ0n) is 38.3. The fraction of sp³-hybridized carbons (Fsp3) is 0.896. The van der Waals surface area contributed by atoms with Crippen LogP contribution >= 0.6 is 7.82 Å². The first kappa shape index (κ1) is 56.0. The van der Waals surface area contributed by atoms with E-state index >= 15 is 0 Å². The van der Waals surface area contributed by atoms with Crippen LogP contribution < -0.4 is 10.2 Å². The molecule has 3 atom stereocenters. The number of carbonyl (C=O) groups excluding carboxylic acids is 1.